The monoisotopic (exact) mass is 328 g/mol. The van der Waals surface area contributed by atoms with Crippen LogP contribution in [0.2, 0.25) is 0 Å². The van der Waals surface area contributed by atoms with Crippen molar-refractivity contribution < 1.29 is 14.7 Å². The van der Waals surface area contributed by atoms with Gasteiger partial charge in [0.1, 0.15) is 0 Å². The van der Waals surface area contributed by atoms with E-state index in [9.17, 15) is 9.59 Å². The molecule has 0 spiro atoms. The number of rotatable bonds is 6. The zero-order valence-electron chi connectivity index (χ0n) is 10.9. The number of carboxylic acid groups (broad SMARTS) is 1. The molecule has 0 aliphatic carbocycles. The number of aliphatic carboxylic acids is 1. The molecule has 1 rings (SSSR count). The Bertz CT molecular complexity index is 489. The first-order chi connectivity index (χ1) is 8.82. The zero-order chi connectivity index (χ0) is 14.6. The minimum atomic E-state index is -0.837. The first-order valence-electron chi connectivity index (χ1n) is 5.90. The van der Waals surface area contributed by atoms with E-state index in [-0.39, 0.29) is 12.5 Å². The van der Waals surface area contributed by atoms with Crippen molar-refractivity contribution in [3.05, 3.63) is 28.2 Å². The number of carbonyl (C=O) groups excluding carboxylic acids is 1. The van der Waals surface area contributed by atoms with E-state index >= 15 is 0 Å². The number of nitrogens with two attached hydrogens (primary N) is 1. The fourth-order valence-corrected chi connectivity index (χ4v) is 2.37. The molecule has 0 bridgehead atoms. The van der Waals surface area contributed by atoms with Crippen LogP contribution in [-0.2, 0) is 4.79 Å². The third-order valence-electron chi connectivity index (χ3n) is 2.73. The molecule has 5 nitrogen and oxygen atoms in total. The van der Waals surface area contributed by atoms with Crippen LogP contribution < -0.4 is 10.6 Å². The van der Waals surface area contributed by atoms with Crippen molar-refractivity contribution in [1.29, 1.82) is 0 Å². The van der Waals surface area contributed by atoms with E-state index in [0.717, 1.165) is 10.2 Å². The molecular formula is C13H17BrN2O3. The van der Waals surface area contributed by atoms with Gasteiger partial charge < -0.3 is 15.7 Å². The smallest absolute Gasteiger partial charge is 0.305 e. The molecule has 0 atom stereocenters. The molecule has 1 amide bonds. The Balaban J connectivity index is 3.02. The first-order valence-corrected chi connectivity index (χ1v) is 6.70. The van der Waals surface area contributed by atoms with Crippen molar-refractivity contribution in [2.75, 3.05) is 11.4 Å². The summed E-state index contributed by atoms with van der Waals surface area (Å²) in [6.07, 6.45) is 0.0577. The second-order valence-electron chi connectivity index (χ2n) is 4.46. The lowest BCUT2D eigenvalue weighted by Gasteiger charge is -2.29. The predicted octanol–water partition coefficient (Wildman–Crippen LogP) is 2.24. The van der Waals surface area contributed by atoms with Crippen molar-refractivity contribution in [2.24, 2.45) is 5.73 Å². The third kappa shape index (κ3) is 4.24. The molecule has 19 heavy (non-hydrogen) atoms. The summed E-state index contributed by atoms with van der Waals surface area (Å²) in [6, 6.07) is 5.20. The van der Waals surface area contributed by atoms with Crippen LogP contribution in [0.15, 0.2) is 22.7 Å². The number of nitrogens with zero attached hydrogens (tertiary/aromatic N) is 1. The maximum atomic E-state index is 11.1. The fourth-order valence-electron chi connectivity index (χ4n) is 1.77. The quantitative estimate of drug-likeness (QED) is 0.838. The Morgan fingerprint density at radius 2 is 2.05 bits per heavy atom. The summed E-state index contributed by atoms with van der Waals surface area (Å²) in [5, 5.41) is 8.78. The van der Waals surface area contributed by atoms with Crippen molar-refractivity contribution in [3.8, 4) is 0 Å². The van der Waals surface area contributed by atoms with E-state index in [4.69, 9.17) is 10.8 Å². The molecule has 1 aromatic rings. The number of carboxylic acids is 1. The van der Waals surface area contributed by atoms with E-state index in [1.807, 2.05) is 18.7 Å². The van der Waals surface area contributed by atoms with E-state index in [0.29, 0.717) is 12.1 Å². The maximum Gasteiger partial charge on any atom is 0.305 e. The SMILES string of the molecule is CC(C)N(CCC(=O)O)c1ccc(C(N)=O)cc1Br. The number of hydrogen-bond donors (Lipinski definition) is 2. The Morgan fingerprint density at radius 1 is 1.42 bits per heavy atom. The van der Waals surface area contributed by atoms with Gasteiger partial charge in [0.25, 0.3) is 0 Å². The van der Waals surface area contributed by atoms with Gasteiger partial charge in [0.15, 0.2) is 0 Å². The molecule has 0 fully saturated rings. The zero-order valence-corrected chi connectivity index (χ0v) is 12.5. The second-order valence-corrected chi connectivity index (χ2v) is 5.32. The van der Waals surface area contributed by atoms with E-state index in [2.05, 4.69) is 15.9 Å². The Hall–Kier alpha value is -1.56. The third-order valence-corrected chi connectivity index (χ3v) is 3.37. The van der Waals surface area contributed by atoms with Crippen molar-refractivity contribution in [1.82, 2.24) is 0 Å². The van der Waals surface area contributed by atoms with Crippen LogP contribution in [0, 0.1) is 0 Å². The van der Waals surface area contributed by atoms with Crippen LogP contribution in [0.1, 0.15) is 30.6 Å². The minimum absolute atomic E-state index is 0.0577. The Kier molecular flexibility index (Phi) is 5.35. The summed E-state index contributed by atoms with van der Waals surface area (Å²) in [4.78, 5) is 23.7. The van der Waals surface area contributed by atoms with Gasteiger partial charge in [-0.25, -0.2) is 0 Å². The van der Waals surface area contributed by atoms with Crippen molar-refractivity contribution in [2.45, 2.75) is 26.3 Å². The Morgan fingerprint density at radius 3 is 2.47 bits per heavy atom. The van der Waals surface area contributed by atoms with Crippen molar-refractivity contribution in [3.63, 3.8) is 0 Å². The molecular weight excluding hydrogens is 312 g/mol. The van der Waals surface area contributed by atoms with E-state index in [1.54, 1.807) is 18.2 Å². The molecule has 0 aliphatic heterocycles. The van der Waals surface area contributed by atoms with Crippen LogP contribution in [0.4, 0.5) is 5.69 Å². The van der Waals surface area contributed by atoms with Crippen LogP contribution in [0.25, 0.3) is 0 Å². The lowest BCUT2D eigenvalue weighted by Crippen LogP contribution is -2.33. The average molecular weight is 329 g/mol. The molecule has 0 saturated carbocycles. The van der Waals surface area contributed by atoms with Gasteiger partial charge in [0, 0.05) is 22.6 Å². The largest absolute Gasteiger partial charge is 0.481 e. The number of primary amides is 1. The molecule has 6 heteroatoms. The van der Waals surface area contributed by atoms with Gasteiger partial charge in [-0.3, -0.25) is 9.59 Å². The number of halogens is 1. The van der Waals surface area contributed by atoms with Gasteiger partial charge >= 0.3 is 5.97 Å². The maximum absolute atomic E-state index is 11.1. The van der Waals surface area contributed by atoms with E-state index in [1.165, 1.54) is 0 Å². The minimum Gasteiger partial charge on any atom is -0.481 e. The van der Waals surface area contributed by atoms with Gasteiger partial charge in [-0.2, -0.15) is 0 Å². The van der Waals surface area contributed by atoms with Crippen LogP contribution >= 0.6 is 15.9 Å². The van der Waals surface area contributed by atoms with Gasteiger partial charge in [0.2, 0.25) is 5.91 Å². The molecule has 0 aromatic heterocycles. The summed E-state index contributed by atoms with van der Waals surface area (Å²) in [7, 11) is 0. The van der Waals surface area contributed by atoms with Crippen LogP contribution in [-0.4, -0.2) is 29.6 Å². The van der Waals surface area contributed by atoms with Gasteiger partial charge in [0.05, 0.1) is 12.1 Å². The summed E-state index contributed by atoms with van der Waals surface area (Å²) in [5.41, 5.74) is 6.48. The first kappa shape index (κ1) is 15.5. The Labute approximate surface area is 120 Å². The van der Waals surface area contributed by atoms with Crippen molar-refractivity contribution >= 4 is 33.5 Å². The molecule has 0 radical (unpaired) electrons. The molecule has 0 aliphatic rings. The summed E-state index contributed by atoms with van der Waals surface area (Å²) < 4.78 is 0.725. The number of carbonyl (C=O) groups is 2. The highest BCUT2D eigenvalue weighted by atomic mass is 79.9. The number of benzene rings is 1. The number of amides is 1. The van der Waals surface area contributed by atoms with Crippen LogP contribution in [0.3, 0.4) is 0 Å². The molecule has 1 aromatic carbocycles. The van der Waals surface area contributed by atoms with E-state index < -0.39 is 11.9 Å². The average Bonchev–Trinajstić information content (AvgIpc) is 2.30. The van der Waals surface area contributed by atoms with Gasteiger partial charge in [-0.1, -0.05) is 0 Å². The summed E-state index contributed by atoms with van der Waals surface area (Å²) in [6.45, 7) is 4.37. The summed E-state index contributed by atoms with van der Waals surface area (Å²) in [5.74, 6) is -1.33. The summed E-state index contributed by atoms with van der Waals surface area (Å²) >= 11 is 3.39. The highest BCUT2D eigenvalue weighted by Crippen LogP contribution is 2.29. The topological polar surface area (TPSA) is 83.6 Å². The highest BCUT2D eigenvalue weighted by Gasteiger charge is 2.16. The van der Waals surface area contributed by atoms with Gasteiger partial charge in [-0.05, 0) is 48.0 Å². The lowest BCUT2D eigenvalue weighted by atomic mass is 10.1. The highest BCUT2D eigenvalue weighted by molar-refractivity contribution is 9.10. The predicted molar refractivity (Wildman–Crippen MR) is 77.4 cm³/mol. The number of hydrogen-bond acceptors (Lipinski definition) is 3. The molecule has 104 valence electrons. The molecule has 0 heterocycles. The second kappa shape index (κ2) is 6.56. The number of anilines is 1. The standard InChI is InChI=1S/C13H17BrN2O3/c1-8(2)16(6-5-12(17)18)11-4-3-9(13(15)19)7-10(11)14/h3-4,7-8H,5-6H2,1-2H3,(H2,15,19)(H,17,18). The van der Waals surface area contributed by atoms with Gasteiger partial charge in [-0.15, -0.1) is 0 Å². The lowest BCUT2D eigenvalue weighted by molar-refractivity contribution is -0.136. The molecule has 3 N–H and O–H groups in total. The molecule has 0 saturated heterocycles. The van der Waals surface area contributed by atoms with Crippen LogP contribution in [0.5, 0.6) is 0 Å². The molecule has 0 unspecified atom stereocenters. The fraction of sp³-hybridized carbons (Fsp3) is 0.385. The normalized spacial score (nSPS) is 10.5.